The minimum Gasteiger partial charge on any atom is -0.310 e. The molecule has 0 radical (unpaired) electrons. The largest absolute Gasteiger partial charge is 0.310 e. The Morgan fingerprint density at radius 2 is 1.17 bits per heavy atom. The number of fused-ring (bicyclic) bond motifs is 3. The fourth-order valence-corrected chi connectivity index (χ4v) is 7.34. The van der Waals surface area contributed by atoms with Gasteiger partial charge in [0.15, 0.2) is 0 Å². The van der Waals surface area contributed by atoms with E-state index in [0.29, 0.717) is 5.92 Å². The van der Waals surface area contributed by atoms with E-state index in [0.717, 1.165) is 0 Å². The van der Waals surface area contributed by atoms with Crippen LogP contribution >= 0.6 is 0 Å². The SMILES string of the molecule is CC(C)c1ccc2ccc3c(N(c4ccccc4)c4ccc5c(c4)C(C)(C)c4ccccc4-5)ccc4ccc1c2c43. The van der Waals surface area contributed by atoms with Crippen molar-refractivity contribution in [1.82, 2.24) is 0 Å². The standard InChI is InChI=1S/C40H33N/c1-25(2)30-19-14-26-16-21-34-37(23-17-27-15-20-33(30)38(26)39(27)34)41(28-10-6-5-7-11-28)29-18-22-32-31-12-8-9-13-35(31)40(3,4)36(32)24-29/h5-25H,1-4H3. The van der Waals surface area contributed by atoms with Crippen LogP contribution < -0.4 is 4.90 Å². The summed E-state index contributed by atoms with van der Waals surface area (Å²) < 4.78 is 0. The Balaban J connectivity index is 1.41. The molecule has 0 N–H and O–H groups in total. The van der Waals surface area contributed by atoms with Crippen LogP contribution in [0.3, 0.4) is 0 Å². The molecule has 0 unspecified atom stereocenters. The quantitative estimate of drug-likeness (QED) is 0.206. The van der Waals surface area contributed by atoms with E-state index < -0.39 is 0 Å². The Hall–Kier alpha value is -4.62. The van der Waals surface area contributed by atoms with E-state index in [1.807, 2.05) is 0 Å². The molecule has 0 saturated heterocycles. The molecule has 0 heterocycles. The van der Waals surface area contributed by atoms with Gasteiger partial charge in [-0.3, -0.25) is 0 Å². The zero-order valence-corrected chi connectivity index (χ0v) is 24.1. The summed E-state index contributed by atoms with van der Waals surface area (Å²) in [6.45, 7) is 9.30. The normalized spacial score (nSPS) is 13.8. The van der Waals surface area contributed by atoms with Crippen molar-refractivity contribution in [2.75, 3.05) is 4.90 Å². The maximum absolute atomic E-state index is 2.45. The highest BCUT2D eigenvalue weighted by atomic mass is 15.1. The maximum atomic E-state index is 2.45. The highest BCUT2D eigenvalue weighted by molar-refractivity contribution is 6.26. The lowest BCUT2D eigenvalue weighted by Gasteiger charge is -2.29. The smallest absolute Gasteiger partial charge is 0.0540 e. The molecule has 1 nitrogen and oxygen atoms in total. The molecular weight excluding hydrogens is 494 g/mol. The summed E-state index contributed by atoms with van der Waals surface area (Å²) in [5.41, 5.74) is 10.4. The summed E-state index contributed by atoms with van der Waals surface area (Å²) in [5, 5.41) is 8.00. The van der Waals surface area contributed by atoms with Gasteiger partial charge in [-0.2, -0.15) is 0 Å². The second-order valence-electron chi connectivity index (χ2n) is 12.4. The van der Waals surface area contributed by atoms with Crippen molar-refractivity contribution in [3.63, 3.8) is 0 Å². The Bertz CT molecular complexity index is 2100. The van der Waals surface area contributed by atoms with Gasteiger partial charge in [0.05, 0.1) is 5.69 Å². The van der Waals surface area contributed by atoms with Crippen LogP contribution in [0.2, 0.25) is 0 Å². The molecule has 0 aliphatic heterocycles. The molecule has 1 aliphatic carbocycles. The maximum Gasteiger partial charge on any atom is 0.0540 e. The molecule has 1 aliphatic rings. The third-order valence-electron chi connectivity index (χ3n) is 9.38. The van der Waals surface area contributed by atoms with Crippen LogP contribution in [0, 0.1) is 0 Å². The number of hydrogen-bond donors (Lipinski definition) is 0. The van der Waals surface area contributed by atoms with E-state index in [-0.39, 0.29) is 5.41 Å². The molecule has 0 spiro atoms. The van der Waals surface area contributed by atoms with Gasteiger partial charge in [0.25, 0.3) is 0 Å². The highest BCUT2D eigenvalue weighted by Gasteiger charge is 2.35. The van der Waals surface area contributed by atoms with Gasteiger partial charge in [-0.05, 0) is 91.0 Å². The van der Waals surface area contributed by atoms with Crippen LogP contribution in [0.4, 0.5) is 17.1 Å². The molecule has 0 bridgehead atoms. The van der Waals surface area contributed by atoms with Gasteiger partial charge in [0, 0.05) is 22.2 Å². The zero-order valence-electron chi connectivity index (χ0n) is 24.1. The number of nitrogens with zero attached hydrogens (tertiary/aromatic N) is 1. The van der Waals surface area contributed by atoms with E-state index in [1.54, 1.807) is 0 Å². The van der Waals surface area contributed by atoms with Crippen LogP contribution in [0.1, 0.15) is 50.3 Å². The van der Waals surface area contributed by atoms with E-state index >= 15 is 0 Å². The molecule has 0 fully saturated rings. The van der Waals surface area contributed by atoms with Crippen LogP contribution in [0.5, 0.6) is 0 Å². The first kappa shape index (κ1) is 24.2. The Labute approximate surface area is 242 Å². The van der Waals surface area contributed by atoms with Gasteiger partial charge >= 0.3 is 0 Å². The summed E-state index contributed by atoms with van der Waals surface area (Å²) in [7, 11) is 0. The molecule has 198 valence electrons. The predicted molar refractivity (Wildman–Crippen MR) is 176 cm³/mol. The minimum absolute atomic E-state index is 0.0554. The van der Waals surface area contributed by atoms with Crippen LogP contribution in [-0.2, 0) is 5.41 Å². The summed E-state index contributed by atoms with van der Waals surface area (Å²) in [6.07, 6.45) is 0. The van der Waals surface area contributed by atoms with Crippen LogP contribution in [0.15, 0.2) is 121 Å². The van der Waals surface area contributed by atoms with Crippen molar-refractivity contribution < 1.29 is 0 Å². The average molecular weight is 528 g/mol. The Morgan fingerprint density at radius 1 is 0.537 bits per heavy atom. The summed E-state index contributed by atoms with van der Waals surface area (Å²) in [6, 6.07) is 45.3. The molecule has 7 aromatic carbocycles. The molecule has 8 rings (SSSR count). The van der Waals surface area contributed by atoms with Gasteiger partial charge < -0.3 is 4.90 Å². The zero-order chi connectivity index (χ0) is 27.9. The van der Waals surface area contributed by atoms with E-state index in [1.165, 1.54) is 77.2 Å². The average Bonchev–Trinajstić information content (AvgIpc) is 3.23. The van der Waals surface area contributed by atoms with Gasteiger partial charge in [0.2, 0.25) is 0 Å². The number of rotatable bonds is 4. The van der Waals surface area contributed by atoms with E-state index in [4.69, 9.17) is 0 Å². The Morgan fingerprint density at radius 3 is 1.95 bits per heavy atom. The van der Waals surface area contributed by atoms with Crippen molar-refractivity contribution in [3.8, 4) is 11.1 Å². The fraction of sp³-hybridized carbons (Fsp3) is 0.150. The number of anilines is 3. The monoisotopic (exact) mass is 527 g/mol. The fourth-order valence-electron chi connectivity index (χ4n) is 7.34. The molecule has 41 heavy (non-hydrogen) atoms. The first-order valence-corrected chi connectivity index (χ1v) is 14.7. The van der Waals surface area contributed by atoms with Gasteiger partial charge in [-0.15, -0.1) is 0 Å². The van der Waals surface area contributed by atoms with Crippen molar-refractivity contribution in [1.29, 1.82) is 0 Å². The summed E-state index contributed by atoms with van der Waals surface area (Å²) in [5.74, 6) is 0.471. The first-order chi connectivity index (χ1) is 19.9. The van der Waals surface area contributed by atoms with E-state index in [2.05, 4.69) is 154 Å². The second-order valence-corrected chi connectivity index (χ2v) is 12.4. The second kappa shape index (κ2) is 8.69. The molecule has 0 atom stereocenters. The third kappa shape index (κ3) is 3.42. The number of benzene rings is 7. The molecule has 0 saturated carbocycles. The third-order valence-corrected chi connectivity index (χ3v) is 9.38. The van der Waals surface area contributed by atoms with Gasteiger partial charge in [-0.25, -0.2) is 0 Å². The van der Waals surface area contributed by atoms with Gasteiger partial charge in [-0.1, -0.05) is 119 Å². The van der Waals surface area contributed by atoms with Crippen molar-refractivity contribution in [2.45, 2.75) is 39.0 Å². The molecular formula is C40H33N. The lowest BCUT2D eigenvalue weighted by molar-refractivity contribution is 0.660. The lowest BCUT2D eigenvalue weighted by Crippen LogP contribution is -2.16. The van der Waals surface area contributed by atoms with E-state index in [9.17, 15) is 0 Å². The van der Waals surface area contributed by atoms with Crippen molar-refractivity contribution in [3.05, 3.63) is 138 Å². The predicted octanol–water partition coefficient (Wildman–Crippen LogP) is 11.5. The summed E-state index contributed by atoms with van der Waals surface area (Å²) >= 11 is 0. The van der Waals surface area contributed by atoms with Crippen LogP contribution in [-0.4, -0.2) is 0 Å². The number of hydrogen-bond acceptors (Lipinski definition) is 1. The van der Waals surface area contributed by atoms with Crippen LogP contribution in [0.25, 0.3) is 43.4 Å². The summed E-state index contributed by atoms with van der Waals surface area (Å²) in [4.78, 5) is 2.45. The number of para-hydroxylation sites is 1. The minimum atomic E-state index is -0.0554. The Kier molecular flexibility index (Phi) is 5.13. The molecule has 1 heteroatoms. The highest BCUT2D eigenvalue weighted by Crippen LogP contribution is 2.51. The lowest BCUT2D eigenvalue weighted by atomic mass is 9.82. The first-order valence-electron chi connectivity index (χ1n) is 14.7. The molecule has 0 amide bonds. The molecule has 0 aromatic heterocycles. The van der Waals surface area contributed by atoms with Crippen molar-refractivity contribution >= 4 is 49.4 Å². The van der Waals surface area contributed by atoms with Gasteiger partial charge in [0.1, 0.15) is 0 Å². The topological polar surface area (TPSA) is 3.24 Å². The molecule has 7 aromatic rings. The van der Waals surface area contributed by atoms with Crippen molar-refractivity contribution in [2.24, 2.45) is 0 Å².